The molecule has 0 spiro atoms. The Morgan fingerprint density at radius 3 is 2.52 bits per heavy atom. The molecule has 0 unspecified atom stereocenters. The number of rotatable bonds is 4. The van der Waals surface area contributed by atoms with Crippen molar-refractivity contribution in [3.05, 3.63) is 41.0 Å². The van der Waals surface area contributed by atoms with Gasteiger partial charge < -0.3 is 20.5 Å². The largest absolute Gasteiger partial charge is 0.495 e. The third kappa shape index (κ3) is 3.35. The smallest absolute Gasteiger partial charge is 0.257 e. The lowest BCUT2D eigenvalue weighted by Crippen LogP contribution is -2.13. The molecule has 0 fully saturated rings. The number of benzene rings is 1. The highest BCUT2D eigenvalue weighted by Crippen LogP contribution is 2.36. The van der Waals surface area contributed by atoms with Crippen LogP contribution in [0.3, 0.4) is 0 Å². The van der Waals surface area contributed by atoms with Crippen molar-refractivity contribution in [2.45, 2.75) is 0 Å². The zero-order chi connectivity index (χ0) is 15.4. The van der Waals surface area contributed by atoms with Gasteiger partial charge in [-0.25, -0.2) is 4.98 Å². The number of anilines is 2. The van der Waals surface area contributed by atoms with Crippen molar-refractivity contribution in [2.75, 3.05) is 25.3 Å². The normalized spacial score (nSPS) is 10.0. The number of carbonyl (C=O) groups excluding carboxylic acids is 1. The van der Waals surface area contributed by atoms with Crippen LogP contribution in [0.15, 0.2) is 30.5 Å². The molecule has 1 aromatic carbocycles. The van der Waals surface area contributed by atoms with Gasteiger partial charge in [0, 0.05) is 12.3 Å². The first-order valence-electron chi connectivity index (χ1n) is 5.99. The van der Waals surface area contributed by atoms with E-state index in [1.165, 1.54) is 20.4 Å². The number of amides is 1. The topological polar surface area (TPSA) is 86.5 Å². The summed E-state index contributed by atoms with van der Waals surface area (Å²) < 4.78 is 10.3. The minimum atomic E-state index is -0.345. The average molecular weight is 308 g/mol. The zero-order valence-electron chi connectivity index (χ0n) is 11.5. The van der Waals surface area contributed by atoms with Gasteiger partial charge in [0.15, 0.2) is 0 Å². The Labute approximate surface area is 126 Å². The van der Waals surface area contributed by atoms with E-state index in [-0.39, 0.29) is 5.91 Å². The molecule has 0 aliphatic rings. The Morgan fingerprint density at radius 1 is 1.24 bits per heavy atom. The van der Waals surface area contributed by atoms with E-state index in [1.54, 1.807) is 24.3 Å². The van der Waals surface area contributed by atoms with Gasteiger partial charge in [-0.3, -0.25) is 4.79 Å². The van der Waals surface area contributed by atoms with Gasteiger partial charge in [-0.15, -0.1) is 0 Å². The highest BCUT2D eigenvalue weighted by atomic mass is 35.5. The second-order valence-electron chi connectivity index (χ2n) is 4.11. The maximum absolute atomic E-state index is 12.1. The molecule has 0 aliphatic heterocycles. The number of halogens is 1. The molecule has 0 bridgehead atoms. The Kier molecular flexibility index (Phi) is 4.49. The lowest BCUT2D eigenvalue weighted by molar-refractivity contribution is 0.102. The fourth-order valence-electron chi connectivity index (χ4n) is 1.69. The van der Waals surface area contributed by atoms with Crippen LogP contribution in [-0.4, -0.2) is 25.1 Å². The van der Waals surface area contributed by atoms with Crippen molar-refractivity contribution in [3.8, 4) is 11.5 Å². The van der Waals surface area contributed by atoms with Gasteiger partial charge in [-0.2, -0.15) is 0 Å². The highest BCUT2D eigenvalue weighted by molar-refractivity contribution is 6.32. The molecule has 2 aromatic rings. The number of nitrogens with zero attached hydrogens (tertiary/aromatic N) is 1. The van der Waals surface area contributed by atoms with E-state index >= 15 is 0 Å². The number of hydrogen-bond donors (Lipinski definition) is 2. The summed E-state index contributed by atoms with van der Waals surface area (Å²) in [6.45, 7) is 0. The minimum Gasteiger partial charge on any atom is -0.495 e. The maximum Gasteiger partial charge on any atom is 0.257 e. The molecule has 7 heteroatoms. The monoisotopic (exact) mass is 307 g/mol. The van der Waals surface area contributed by atoms with Crippen LogP contribution in [-0.2, 0) is 0 Å². The summed E-state index contributed by atoms with van der Waals surface area (Å²) in [7, 11) is 2.99. The van der Waals surface area contributed by atoms with Crippen LogP contribution in [0.2, 0.25) is 5.02 Å². The van der Waals surface area contributed by atoms with Crippen LogP contribution >= 0.6 is 11.6 Å². The lowest BCUT2D eigenvalue weighted by Gasteiger charge is -2.13. The van der Waals surface area contributed by atoms with E-state index in [0.29, 0.717) is 33.6 Å². The molecule has 0 aliphatic carbocycles. The molecule has 0 atom stereocenters. The molecular formula is C14H14ClN3O3. The molecule has 21 heavy (non-hydrogen) atoms. The number of hydrogen-bond acceptors (Lipinski definition) is 5. The molecule has 3 N–H and O–H groups in total. The fraction of sp³-hybridized carbons (Fsp3) is 0.143. The van der Waals surface area contributed by atoms with Crippen molar-refractivity contribution in [2.24, 2.45) is 0 Å². The number of carbonyl (C=O) groups is 1. The van der Waals surface area contributed by atoms with Gasteiger partial charge in [-0.1, -0.05) is 11.6 Å². The lowest BCUT2D eigenvalue weighted by atomic mass is 10.2. The zero-order valence-corrected chi connectivity index (χ0v) is 12.3. The molecule has 1 amide bonds. The number of nitrogen functional groups attached to an aromatic ring is 1. The molecule has 6 nitrogen and oxygen atoms in total. The van der Waals surface area contributed by atoms with Crippen LogP contribution in [0.5, 0.6) is 11.5 Å². The van der Waals surface area contributed by atoms with Gasteiger partial charge in [0.25, 0.3) is 5.91 Å². The fourth-order valence-corrected chi connectivity index (χ4v) is 1.93. The predicted octanol–water partition coefficient (Wildman–Crippen LogP) is 2.59. The second-order valence-corrected chi connectivity index (χ2v) is 4.52. The van der Waals surface area contributed by atoms with E-state index in [0.717, 1.165) is 0 Å². The Bertz CT molecular complexity index is 659. The van der Waals surface area contributed by atoms with Gasteiger partial charge in [0.1, 0.15) is 17.3 Å². The number of pyridine rings is 1. The van der Waals surface area contributed by atoms with Crippen LogP contribution < -0.4 is 20.5 Å². The number of aromatic nitrogens is 1. The van der Waals surface area contributed by atoms with Gasteiger partial charge in [0.2, 0.25) is 0 Å². The second kappa shape index (κ2) is 6.32. The Hall–Kier alpha value is -2.47. The van der Waals surface area contributed by atoms with Crippen LogP contribution in [0.1, 0.15) is 10.4 Å². The van der Waals surface area contributed by atoms with E-state index in [4.69, 9.17) is 26.8 Å². The highest BCUT2D eigenvalue weighted by Gasteiger charge is 2.13. The molecule has 0 radical (unpaired) electrons. The summed E-state index contributed by atoms with van der Waals surface area (Å²) in [5, 5.41) is 3.07. The molecule has 2 rings (SSSR count). The van der Waals surface area contributed by atoms with E-state index in [1.807, 2.05) is 0 Å². The Balaban J connectivity index is 2.28. The van der Waals surface area contributed by atoms with Gasteiger partial charge >= 0.3 is 0 Å². The third-order valence-electron chi connectivity index (χ3n) is 2.77. The van der Waals surface area contributed by atoms with Gasteiger partial charge in [0.05, 0.1) is 30.5 Å². The third-order valence-corrected chi connectivity index (χ3v) is 3.07. The van der Waals surface area contributed by atoms with E-state index in [9.17, 15) is 4.79 Å². The molecule has 0 saturated carbocycles. The van der Waals surface area contributed by atoms with E-state index < -0.39 is 0 Å². The molecular weight excluding hydrogens is 294 g/mol. The van der Waals surface area contributed by atoms with Crippen molar-refractivity contribution in [1.29, 1.82) is 0 Å². The van der Waals surface area contributed by atoms with Crippen LogP contribution in [0.25, 0.3) is 0 Å². The molecule has 110 valence electrons. The standard InChI is InChI=1S/C14H14ClN3O3/c1-20-11-6-12(21-2)10(5-9(11)15)18-14(19)8-3-4-13(16)17-7-8/h3-7H,1-2H3,(H2,16,17)(H,18,19). The summed E-state index contributed by atoms with van der Waals surface area (Å²) in [6, 6.07) is 6.28. The first-order valence-corrected chi connectivity index (χ1v) is 6.37. The SMILES string of the molecule is COc1cc(OC)c(NC(=O)c2ccc(N)nc2)cc1Cl. The maximum atomic E-state index is 12.1. The molecule has 0 saturated heterocycles. The first-order chi connectivity index (χ1) is 10.0. The minimum absolute atomic E-state index is 0.344. The first kappa shape index (κ1) is 14.9. The van der Waals surface area contributed by atoms with Crippen molar-refractivity contribution in [3.63, 3.8) is 0 Å². The Morgan fingerprint density at radius 2 is 1.95 bits per heavy atom. The number of nitrogens with one attached hydrogen (secondary N) is 1. The van der Waals surface area contributed by atoms with E-state index in [2.05, 4.69) is 10.3 Å². The molecule has 1 aromatic heterocycles. The average Bonchev–Trinajstić information content (AvgIpc) is 2.48. The summed E-state index contributed by atoms with van der Waals surface area (Å²) >= 11 is 6.05. The summed E-state index contributed by atoms with van der Waals surface area (Å²) in [4.78, 5) is 16.0. The molecule has 1 heterocycles. The van der Waals surface area contributed by atoms with Crippen molar-refractivity contribution in [1.82, 2.24) is 4.98 Å². The summed E-state index contributed by atoms with van der Waals surface area (Å²) in [5.41, 5.74) is 6.29. The van der Waals surface area contributed by atoms with Crippen LogP contribution in [0, 0.1) is 0 Å². The number of nitrogens with two attached hydrogens (primary N) is 1. The summed E-state index contributed by atoms with van der Waals surface area (Å²) in [5.74, 6) is 0.896. The van der Waals surface area contributed by atoms with Crippen molar-refractivity contribution >= 4 is 29.0 Å². The van der Waals surface area contributed by atoms with Crippen molar-refractivity contribution < 1.29 is 14.3 Å². The van der Waals surface area contributed by atoms with Crippen LogP contribution in [0.4, 0.5) is 11.5 Å². The quantitative estimate of drug-likeness (QED) is 0.906. The van der Waals surface area contributed by atoms with Gasteiger partial charge in [-0.05, 0) is 18.2 Å². The predicted molar refractivity (Wildman–Crippen MR) is 81.2 cm³/mol. The summed E-state index contributed by atoms with van der Waals surface area (Å²) in [6.07, 6.45) is 1.39. The number of methoxy groups -OCH3 is 2. The number of ether oxygens (including phenoxy) is 2.